The van der Waals surface area contributed by atoms with Gasteiger partial charge in [-0.3, -0.25) is 9.69 Å². The molecular weight excluding hydrogens is 659 g/mol. The lowest BCUT2D eigenvalue weighted by molar-refractivity contribution is -0.113. The van der Waals surface area contributed by atoms with Crippen molar-refractivity contribution < 1.29 is 19.1 Å². The van der Waals surface area contributed by atoms with Crippen LogP contribution in [0, 0.1) is 0 Å². The Hall–Kier alpha value is -4.25. The Balaban J connectivity index is 1.02. The zero-order valence-corrected chi connectivity index (χ0v) is 28.8. The summed E-state index contributed by atoms with van der Waals surface area (Å²) in [5.74, 6) is -0.0727. The van der Waals surface area contributed by atoms with Gasteiger partial charge in [-0.1, -0.05) is 72.8 Å². The first-order chi connectivity index (χ1) is 23.5. The number of urea groups is 1. The number of nitrogens with one attached hydrogen (secondary N) is 2. The van der Waals surface area contributed by atoms with E-state index in [2.05, 4.69) is 47.1 Å². The summed E-state index contributed by atoms with van der Waals surface area (Å²) in [5, 5.41) is 6.81. The Bertz CT molecular complexity index is 1900. The van der Waals surface area contributed by atoms with Gasteiger partial charge in [-0.2, -0.15) is 0 Å². The van der Waals surface area contributed by atoms with Gasteiger partial charge in [0.05, 0.1) is 34.9 Å². The number of carbonyl (C=O) groups excluding carboxylic acids is 3. The molecule has 0 radical (unpaired) electrons. The number of nitrogens with zero attached hydrogens (tertiary/aromatic N) is 1. The molecule has 2 aliphatic carbocycles. The number of amides is 3. The smallest absolute Gasteiger partial charge is 0.341 e. The summed E-state index contributed by atoms with van der Waals surface area (Å²) in [4.78, 5) is 44.9. The van der Waals surface area contributed by atoms with Crippen LogP contribution in [0.4, 0.5) is 21.2 Å². The van der Waals surface area contributed by atoms with Gasteiger partial charge >= 0.3 is 12.0 Å². The number of benzene rings is 3. The van der Waals surface area contributed by atoms with Gasteiger partial charge in [-0.25, -0.2) is 9.59 Å². The van der Waals surface area contributed by atoms with Crippen LogP contribution in [0.2, 0.25) is 0 Å². The summed E-state index contributed by atoms with van der Waals surface area (Å²) in [7, 11) is 0. The lowest BCUT2D eigenvalue weighted by Gasteiger charge is -2.40. The van der Waals surface area contributed by atoms with Crippen molar-refractivity contribution >= 4 is 69.1 Å². The number of thiophene rings is 1. The molecule has 3 aliphatic rings. The molecule has 0 fully saturated rings. The van der Waals surface area contributed by atoms with Crippen LogP contribution in [0.25, 0.3) is 0 Å². The van der Waals surface area contributed by atoms with Gasteiger partial charge in [0.25, 0.3) is 0 Å². The molecule has 2 heterocycles. The van der Waals surface area contributed by atoms with Gasteiger partial charge in [-0.15, -0.1) is 34.9 Å². The number of para-hydroxylation sites is 1. The van der Waals surface area contributed by atoms with E-state index in [4.69, 9.17) is 4.74 Å². The van der Waals surface area contributed by atoms with E-state index in [0.717, 1.165) is 45.2 Å². The van der Waals surface area contributed by atoms with E-state index in [1.807, 2.05) is 71.6 Å². The van der Waals surface area contributed by atoms with Crippen LogP contribution in [-0.2, 0) is 22.4 Å². The average molecular weight is 694 g/mol. The van der Waals surface area contributed by atoms with Gasteiger partial charge in [0.1, 0.15) is 5.00 Å². The van der Waals surface area contributed by atoms with Crippen LogP contribution in [0.5, 0.6) is 0 Å². The van der Waals surface area contributed by atoms with E-state index in [9.17, 15) is 14.4 Å². The number of ether oxygens (including phenoxy) is 1. The summed E-state index contributed by atoms with van der Waals surface area (Å²) in [6.45, 7) is 2.06. The lowest BCUT2D eigenvalue weighted by Crippen LogP contribution is -2.49. The maximum atomic E-state index is 13.7. The van der Waals surface area contributed by atoms with E-state index in [1.165, 1.54) is 28.7 Å². The minimum absolute atomic E-state index is 0.0946. The van der Waals surface area contributed by atoms with Crippen LogP contribution in [0.15, 0.2) is 113 Å². The topological polar surface area (TPSA) is 87.7 Å². The number of rotatable bonds is 8. The molecule has 0 saturated heterocycles. The summed E-state index contributed by atoms with van der Waals surface area (Å²) >= 11 is 4.63. The van der Waals surface area contributed by atoms with Crippen molar-refractivity contribution in [2.24, 2.45) is 0 Å². The molecule has 0 bridgehead atoms. The molecule has 7 rings (SSSR count). The zero-order valence-electron chi connectivity index (χ0n) is 26.4. The largest absolute Gasteiger partial charge is 0.462 e. The van der Waals surface area contributed by atoms with Gasteiger partial charge < -0.3 is 15.4 Å². The fourth-order valence-electron chi connectivity index (χ4n) is 6.49. The number of anilines is 3. The van der Waals surface area contributed by atoms with E-state index >= 15 is 0 Å². The Morgan fingerprint density at radius 1 is 0.958 bits per heavy atom. The number of hydrogen-bond donors (Lipinski definition) is 2. The van der Waals surface area contributed by atoms with Gasteiger partial charge in [-0.05, 0) is 73.6 Å². The second-order valence-corrected chi connectivity index (χ2v) is 15.1. The minimum Gasteiger partial charge on any atom is -0.462 e. The average Bonchev–Trinajstić information content (AvgIpc) is 3.47. The molecule has 10 heteroatoms. The van der Waals surface area contributed by atoms with Crippen LogP contribution in [0.1, 0.15) is 45.6 Å². The summed E-state index contributed by atoms with van der Waals surface area (Å²) in [6, 6.07) is 25.6. The number of thioether (sulfide) groups is 2. The number of hydrogen-bond acceptors (Lipinski definition) is 7. The molecule has 3 atom stereocenters. The molecule has 1 aromatic heterocycles. The van der Waals surface area contributed by atoms with Crippen molar-refractivity contribution in [2.45, 2.75) is 53.2 Å². The third-order valence-electron chi connectivity index (χ3n) is 8.69. The first-order valence-electron chi connectivity index (χ1n) is 16.1. The highest BCUT2D eigenvalue weighted by Gasteiger charge is 2.37. The second-order valence-electron chi connectivity index (χ2n) is 11.8. The highest BCUT2D eigenvalue weighted by atomic mass is 32.2. The molecule has 3 aromatic carbocycles. The highest BCUT2D eigenvalue weighted by Crippen LogP contribution is 2.45. The van der Waals surface area contributed by atoms with E-state index in [-0.39, 0.29) is 41.6 Å². The third-order valence-corrected chi connectivity index (χ3v) is 12.2. The SMILES string of the molecule is CCOC(=O)c1c(NC(=O)CSc2cccc(NC(=O)N3c4ccccc4SC4C=CC=CC43)c2)sc2c1CCC(c1ccccc1)C2. The number of esters is 1. The Morgan fingerprint density at radius 3 is 2.62 bits per heavy atom. The van der Waals surface area contributed by atoms with E-state index < -0.39 is 0 Å². The molecule has 244 valence electrons. The van der Waals surface area contributed by atoms with Gasteiger partial charge in [0.2, 0.25) is 5.91 Å². The predicted octanol–water partition coefficient (Wildman–Crippen LogP) is 8.94. The van der Waals surface area contributed by atoms with Crippen molar-refractivity contribution in [2.75, 3.05) is 27.9 Å². The molecule has 3 unspecified atom stereocenters. The van der Waals surface area contributed by atoms with E-state index in [0.29, 0.717) is 22.2 Å². The van der Waals surface area contributed by atoms with Gasteiger partial charge in [0, 0.05) is 20.4 Å². The van der Waals surface area contributed by atoms with Crippen molar-refractivity contribution in [1.29, 1.82) is 0 Å². The normalized spacial score (nSPS) is 19.1. The quantitative estimate of drug-likeness (QED) is 0.142. The van der Waals surface area contributed by atoms with Crippen molar-refractivity contribution in [3.63, 3.8) is 0 Å². The number of fused-ring (bicyclic) bond motifs is 3. The van der Waals surface area contributed by atoms with Crippen molar-refractivity contribution in [1.82, 2.24) is 0 Å². The molecule has 1 aliphatic heterocycles. The first kappa shape index (κ1) is 32.3. The molecular formula is C38H35N3O4S3. The lowest BCUT2D eigenvalue weighted by atomic mass is 9.83. The zero-order chi connectivity index (χ0) is 33.0. The molecule has 7 nitrogen and oxygen atoms in total. The fraction of sp³-hybridized carbons (Fsp3) is 0.237. The summed E-state index contributed by atoms with van der Waals surface area (Å²) < 4.78 is 5.42. The Kier molecular flexibility index (Phi) is 9.74. The summed E-state index contributed by atoms with van der Waals surface area (Å²) in [6.07, 6.45) is 10.7. The maximum Gasteiger partial charge on any atom is 0.341 e. The third kappa shape index (κ3) is 6.83. The van der Waals surface area contributed by atoms with Crippen LogP contribution >= 0.6 is 34.9 Å². The molecule has 48 heavy (non-hydrogen) atoms. The molecule has 4 aromatic rings. The Labute approximate surface area is 292 Å². The van der Waals surface area contributed by atoms with Gasteiger partial charge in [0.15, 0.2) is 0 Å². The van der Waals surface area contributed by atoms with Crippen molar-refractivity contribution in [3.8, 4) is 0 Å². The predicted molar refractivity (Wildman–Crippen MR) is 197 cm³/mol. The standard InChI is InChI=1S/C38H35N3O4S3/c1-2-45-37(43)35-28-20-19-25(24-11-4-3-5-12-24)21-33(28)48-36(35)40-34(42)23-46-27-14-10-13-26(22-27)39-38(44)41-29-15-6-8-17-31(29)47-32-18-9-7-16-30(32)41/h3-18,22,25,29,31H,2,19-21,23H2,1H3,(H,39,44)(H,40,42). The van der Waals surface area contributed by atoms with Crippen molar-refractivity contribution in [3.05, 3.63) is 125 Å². The highest BCUT2D eigenvalue weighted by molar-refractivity contribution is 8.00. The fourth-order valence-corrected chi connectivity index (χ4v) is 9.83. The van der Waals surface area contributed by atoms with Crippen LogP contribution in [-0.4, -0.2) is 41.6 Å². The molecule has 0 saturated carbocycles. The first-order valence-corrected chi connectivity index (χ1v) is 18.8. The number of carbonyl (C=O) groups is 3. The summed E-state index contributed by atoms with van der Waals surface area (Å²) in [5.41, 5.74) is 4.32. The second kappa shape index (κ2) is 14.5. The van der Waals surface area contributed by atoms with E-state index in [1.54, 1.807) is 18.7 Å². The molecule has 2 N–H and O–H groups in total. The maximum absolute atomic E-state index is 13.7. The monoisotopic (exact) mass is 693 g/mol. The van der Waals surface area contributed by atoms with Crippen LogP contribution in [0.3, 0.4) is 0 Å². The number of allylic oxidation sites excluding steroid dienone is 2. The molecule has 0 spiro atoms. The molecule has 3 amide bonds. The Morgan fingerprint density at radius 2 is 1.77 bits per heavy atom. The minimum atomic E-state index is -0.388. The van der Waals surface area contributed by atoms with Crippen LogP contribution < -0.4 is 15.5 Å².